The molecule has 0 bridgehead atoms. The van der Waals surface area contributed by atoms with E-state index in [-0.39, 0.29) is 24.3 Å². The summed E-state index contributed by atoms with van der Waals surface area (Å²) < 4.78 is 24.5. The van der Waals surface area contributed by atoms with Gasteiger partial charge in [0.05, 0.1) is 12.8 Å². The number of benzene rings is 2. The molecule has 0 saturated carbocycles. The fourth-order valence-electron chi connectivity index (χ4n) is 3.47. The lowest BCUT2D eigenvalue weighted by atomic mass is 9.98. The Kier molecular flexibility index (Phi) is 7.23. The molecule has 30 heavy (non-hydrogen) atoms. The molecule has 0 unspecified atom stereocenters. The second-order valence-electron chi connectivity index (χ2n) is 7.54. The van der Waals surface area contributed by atoms with Crippen LogP contribution in [-0.4, -0.2) is 57.0 Å². The topological polar surface area (TPSA) is 95.6 Å². The van der Waals surface area contributed by atoms with E-state index in [9.17, 15) is 18.0 Å². The van der Waals surface area contributed by atoms with Crippen molar-refractivity contribution >= 4 is 21.8 Å². The molecule has 1 heterocycles. The van der Waals surface area contributed by atoms with E-state index in [2.05, 4.69) is 10.6 Å². The Balaban J connectivity index is 1.40. The summed E-state index contributed by atoms with van der Waals surface area (Å²) in [7, 11) is -3.15. The number of piperidine rings is 1. The highest BCUT2D eigenvalue weighted by Gasteiger charge is 2.25. The van der Waals surface area contributed by atoms with Gasteiger partial charge in [0.25, 0.3) is 5.91 Å². The van der Waals surface area contributed by atoms with Crippen molar-refractivity contribution in [2.45, 2.75) is 12.8 Å². The summed E-state index contributed by atoms with van der Waals surface area (Å²) >= 11 is 0. The van der Waals surface area contributed by atoms with E-state index in [4.69, 9.17) is 0 Å². The van der Waals surface area contributed by atoms with E-state index in [1.807, 2.05) is 42.5 Å². The number of nitrogens with zero attached hydrogens (tertiary/aromatic N) is 1. The zero-order valence-electron chi connectivity index (χ0n) is 17.0. The van der Waals surface area contributed by atoms with Gasteiger partial charge in [0.2, 0.25) is 15.9 Å². The highest BCUT2D eigenvalue weighted by Crippen LogP contribution is 2.19. The van der Waals surface area contributed by atoms with Crippen molar-refractivity contribution in [1.82, 2.24) is 14.9 Å². The summed E-state index contributed by atoms with van der Waals surface area (Å²) in [4.78, 5) is 24.3. The van der Waals surface area contributed by atoms with Gasteiger partial charge in [-0.3, -0.25) is 9.59 Å². The van der Waals surface area contributed by atoms with Crippen LogP contribution in [0.25, 0.3) is 11.1 Å². The van der Waals surface area contributed by atoms with Crippen LogP contribution < -0.4 is 10.6 Å². The van der Waals surface area contributed by atoms with E-state index in [1.165, 1.54) is 10.6 Å². The molecule has 3 rings (SSSR count). The van der Waals surface area contributed by atoms with Gasteiger partial charge in [0, 0.05) is 25.2 Å². The number of carbonyl (C=O) groups excluding carboxylic acids is 2. The van der Waals surface area contributed by atoms with Crippen molar-refractivity contribution in [2.75, 3.05) is 32.4 Å². The largest absolute Gasteiger partial charge is 0.354 e. The first kappa shape index (κ1) is 22.0. The molecule has 0 atom stereocenters. The minimum Gasteiger partial charge on any atom is -0.354 e. The van der Waals surface area contributed by atoms with Crippen LogP contribution >= 0.6 is 0 Å². The lowest BCUT2D eigenvalue weighted by Crippen LogP contribution is -2.43. The first-order valence-electron chi connectivity index (χ1n) is 9.98. The summed E-state index contributed by atoms with van der Waals surface area (Å²) in [5, 5.41) is 5.46. The number of hydrogen-bond donors (Lipinski definition) is 2. The van der Waals surface area contributed by atoms with Gasteiger partial charge in [-0.1, -0.05) is 42.5 Å². The van der Waals surface area contributed by atoms with Crippen LogP contribution in [0, 0.1) is 5.92 Å². The molecule has 1 saturated heterocycles. The molecule has 2 aromatic carbocycles. The second-order valence-corrected chi connectivity index (χ2v) is 9.52. The van der Waals surface area contributed by atoms with Crippen LogP contribution in [0.2, 0.25) is 0 Å². The molecule has 0 radical (unpaired) electrons. The number of nitrogens with one attached hydrogen (secondary N) is 2. The van der Waals surface area contributed by atoms with Crippen LogP contribution in [0.15, 0.2) is 54.6 Å². The Hall–Kier alpha value is -2.71. The first-order valence-corrected chi connectivity index (χ1v) is 11.8. The Morgan fingerprint density at radius 2 is 1.53 bits per heavy atom. The Morgan fingerprint density at radius 1 is 0.933 bits per heavy atom. The Bertz CT molecular complexity index is 967. The Morgan fingerprint density at radius 3 is 2.13 bits per heavy atom. The second kappa shape index (κ2) is 9.86. The number of sulfonamides is 1. The molecular formula is C22H27N3O4S. The smallest absolute Gasteiger partial charge is 0.251 e. The molecule has 2 N–H and O–H groups in total. The van der Waals surface area contributed by atoms with E-state index < -0.39 is 10.0 Å². The first-order chi connectivity index (χ1) is 14.3. The number of carbonyl (C=O) groups is 2. The lowest BCUT2D eigenvalue weighted by Gasteiger charge is -2.30. The third-order valence-corrected chi connectivity index (χ3v) is 6.60. The standard InChI is InChI=1S/C22H27N3O4S/c1-30(28,29)25-13-11-17(12-14-25)15-23-21(26)16-24-22(27)20-9-7-19(8-10-20)18-5-3-2-4-6-18/h2-10,17H,11-16H2,1H3,(H,23,26)(H,24,27). The van der Waals surface area contributed by atoms with Crippen molar-refractivity contribution in [3.8, 4) is 11.1 Å². The zero-order valence-corrected chi connectivity index (χ0v) is 17.8. The molecule has 1 aliphatic rings. The van der Waals surface area contributed by atoms with E-state index >= 15 is 0 Å². The molecule has 7 nitrogen and oxygen atoms in total. The molecule has 0 spiro atoms. The Labute approximate surface area is 177 Å². The fourth-order valence-corrected chi connectivity index (χ4v) is 4.35. The molecule has 0 aromatic heterocycles. The van der Waals surface area contributed by atoms with Crippen LogP contribution in [-0.2, 0) is 14.8 Å². The van der Waals surface area contributed by atoms with Crippen molar-refractivity contribution < 1.29 is 18.0 Å². The summed E-state index contributed by atoms with van der Waals surface area (Å²) in [5.41, 5.74) is 2.59. The van der Waals surface area contributed by atoms with E-state index in [1.54, 1.807) is 12.1 Å². The molecule has 2 aromatic rings. The molecular weight excluding hydrogens is 402 g/mol. The number of rotatable bonds is 7. The highest BCUT2D eigenvalue weighted by atomic mass is 32.2. The van der Waals surface area contributed by atoms with Gasteiger partial charge in [-0.2, -0.15) is 0 Å². The van der Waals surface area contributed by atoms with Gasteiger partial charge in [0.15, 0.2) is 0 Å². The minimum absolute atomic E-state index is 0.0958. The maximum atomic E-state index is 12.3. The molecule has 160 valence electrons. The van der Waals surface area contributed by atoms with Crippen LogP contribution in [0.1, 0.15) is 23.2 Å². The molecule has 1 aliphatic heterocycles. The summed E-state index contributed by atoms with van der Waals surface area (Å²) in [5.74, 6) is -0.311. The van der Waals surface area contributed by atoms with Gasteiger partial charge in [-0.25, -0.2) is 12.7 Å². The molecule has 8 heteroatoms. The predicted molar refractivity (Wildman–Crippen MR) is 116 cm³/mol. The van der Waals surface area contributed by atoms with Gasteiger partial charge in [-0.05, 0) is 42.0 Å². The monoisotopic (exact) mass is 429 g/mol. The average Bonchev–Trinajstić information content (AvgIpc) is 2.76. The molecule has 2 amide bonds. The summed E-state index contributed by atoms with van der Waals surface area (Å²) in [6, 6.07) is 17.1. The van der Waals surface area contributed by atoms with Crippen molar-refractivity contribution in [3.63, 3.8) is 0 Å². The number of hydrogen-bond acceptors (Lipinski definition) is 4. The quantitative estimate of drug-likeness (QED) is 0.702. The van der Waals surface area contributed by atoms with E-state index in [0.29, 0.717) is 38.0 Å². The maximum absolute atomic E-state index is 12.3. The summed E-state index contributed by atoms with van der Waals surface area (Å²) in [6.07, 6.45) is 2.65. The normalized spacial score (nSPS) is 15.5. The average molecular weight is 430 g/mol. The van der Waals surface area contributed by atoms with Gasteiger partial charge in [-0.15, -0.1) is 0 Å². The van der Waals surface area contributed by atoms with Crippen LogP contribution in [0.5, 0.6) is 0 Å². The van der Waals surface area contributed by atoms with E-state index in [0.717, 1.165) is 11.1 Å². The van der Waals surface area contributed by atoms with Crippen molar-refractivity contribution in [2.24, 2.45) is 5.92 Å². The molecule has 1 fully saturated rings. The summed E-state index contributed by atoms with van der Waals surface area (Å²) in [6.45, 7) is 1.35. The number of amides is 2. The predicted octanol–water partition coefficient (Wildman–Crippen LogP) is 1.87. The fraction of sp³-hybridized carbons (Fsp3) is 0.364. The molecule has 0 aliphatic carbocycles. The van der Waals surface area contributed by atoms with Crippen LogP contribution in [0.3, 0.4) is 0 Å². The minimum atomic E-state index is -3.15. The zero-order chi connectivity index (χ0) is 21.6. The third-order valence-electron chi connectivity index (χ3n) is 5.29. The third kappa shape index (κ3) is 6.14. The highest BCUT2D eigenvalue weighted by molar-refractivity contribution is 7.88. The maximum Gasteiger partial charge on any atom is 0.251 e. The van der Waals surface area contributed by atoms with Gasteiger partial charge < -0.3 is 10.6 Å². The lowest BCUT2D eigenvalue weighted by molar-refractivity contribution is -0.120. The van der Waals surface area contributed by atoms with Crippen molar-refractivity contribution in [3.05, 3.63) is 60.2 Å². The van der Waals surface area contributed by atoms with Crippen LogP contribution in [0.4, 0.5) is 0 Å². The SMILES string of the molecule is CS(=O)(=O)N1CCC(CNC(=O)CNC(=O)c2ccc(-c3ccccc3)cc2)CC1. The van der Waals surface area contributed by atoms with Crippen molar-refractivity contribution in [1.29, 1.82) is 0 Å². The van der Waals surface area contributed by atoms with Gasteiger partial charge >= 0.3 is 0 Å². The van der Waals surface area contributed by atoms with Gasteiger partial charge in [0.1, 0.15) is 0 Å².